The zero-order chi connectivity index (χ0) is 19.4. The van der Waals surface area contributed by atoms with E-state index < -0.39 is 10.0 Å². The molecule has 1 fully saturated rings. The second-order valence-corrected chi connectivity index (χ2v) is 8.48. The Kier molecular flexibility index (Phi) is 5.82. The van der Waals surface area contributed by atoms with E-state index in [2.05, 4.69) is 10.0 Å². The van der Waals surface area contributed by atoms with Crippen LogP contribution in [0.15, 0.2) is 47.4 Å². The monoisotopic (exact) mass is 388 g/mol. The largest absolute Gasteiger partial charge is 0.376 e. The highest BCUT2D eigenvalue weighted by molar-refractivity contribution is 7.92. The van der Waals surface area contributed by atoms with Gasteiger partial charge in [-0.2, -0.15) is 0 Å². The fourth-order valence-corrected chi connectivity index (χ4v) is 4.09. The Labute approximate surface area is 160 Å². The molecule has 2 aromatic carbocycles. The lowest BCUT2D eigenvalue weighted by molar-refractivity contribution is 0.0857. The summed E-state index contributed by atoms with van der Waals surface area (Å²) >= 11 is 0. The van der Waals surface area contributed by atoms with Crippen LogP contribution in [0.25, 0.3) is 0 Å². The lowest BCUT2D eigenvalue weighted by atomic mass is 10.1. The summed E-state index contributed by atoms with van der Waals surface area (Å²) in [6.07, 6.45) is 2.06. The summed E-state index contributed by atoms with van der Waals surface area (Å²) in [7, 11) is -3.67. The smallest absolute Gasteiger partial charge is 0.261 e. The molecule has 0 saturated carbocycles. The molecule has 1 aliphatic rings. The number of anilines is 1. The third kappa shape index (κ3) is 4.87. The van der Waals surface area contributed by atoms with Crippen LogP contribution in [0.4, 0.5) is 5.69 Å². The van der Waals surface area contributed by atoms with Crippen LogP contribution < -0.4 is 10.0 Å². The first-order chi connectivity index (χ1) is 12.8. The molecular formula is C20H24N2O4S. The van der Waals surface area contributed by atoms with Crippen molar-refractivity contribution in [3.63, 3.8) is 0 Å². The summed E-state index contributed by atoms with van der Waals surface area (Å²) in [5, 5.41) is 2.86. The molecule has 0 spiro atoms. The topological polar surface area (TPSA) is 84.5 Å². The number of nitrogens with one attached hydrogen (secondary N) is 2. The van der Waals surface area contributed by atoms with Crippen molar-refractivity contribution in [2.75, 3.05) is 17.9 Å². The van der Waals surface area contributed by atoms with E-state index in [4.69, 9.17) is 4.74 Å². The fourth-order valence-electron chi connectivity index (χ4n) is 2.95. The van der Waals surface area contributed by atoms with Crippen LogP contribution >= 0.6 is 0 Å². The molecule has 1 atom stereocenters. The predicted molar refractivity (Wildman–Crippen MR) is 104 cm³/mol. The maximum atomic E-state index is 12.5. The van der Waals surface area contributed by atoms with Gasteiger partial charge >= 0.3 is 0 Å². The summed E-state index contributed by atoms with van der Waals surface area (Å²) in [6.45, 7) is 4.90. The molecule has 27 heavy (non-hydrogen) atoms. The minimum Gasteiger partial charge on any atom is -0.376 e. The SMILES string of the molecule is Cc1ccc(S(=O)(=O)Nc2ccc(C(=O)NC[C@H]3CCCO3)cc2C)cc1. The fraction of sp³-hybridized carbons (Fsp3) is 0.350. The normalized spacial score (nSPS) is 16.9. The third-order valence-electron chi connectivity index (χ3n) is 4.58. The van der Waals surface area contributed by atoms with E-state index in [-0.39, 0.29) is 16.9 Å². The van der Waals surface area contributed by atoms with Gasteiger partial charge in [-0.15, -0.1) is 0 Å². The molecule has 0 aliphatic carbocycles. The highest BCUT2D eigenvalue weighted by atomic mass is 32.2. The van der Waals surface area contributed by atoms with Crippen LogP contribution in [0.5, 0.6) is 0 Å². The van der Waals surface area contributed by atoms with Crippen molar-refractivity contribution in [3.8, 4) is 0 Å². The molecule has 6 nitrogen and oxygen atoms in total. The summed E-state index contributed by atoms with van der Waals surface area (Å²) in [5.41, 5.74) is 2.61. The lowest BCUT2D eigenvalue weighted by Gasteiger charge is -2.13. The number of ether oxygens (including phenoxy) is 1. The molecule has 1 amide bonds. The molecule has 0 aromatic heterocycles. The first-order valence-electron chi connectivity index (χ1n) is 8.95. The first kappa shape index (κ1) is 19.4. The number of aryl methyl sites for hydroxylation is 2. The first-order valence-corrected chi connectivity index (χ1v) is 10.4. The average molecular weight is 388 g/mol. The highest BCUT2D eigenvalue weighted by Gasteiger charge is 2.18. The van der Waals surface area contributed by atoms with Gasteiger partial charge in [0.2, 0.25) is 0 Å². The minimum atomic E-state index is -3.67. The minimum absolute atomic E-state index is 0.0793. The molecule has 2 N–H and O–H groups in total. The van der Waals surface area contributed by atoms with Crippen LogP contribution in [0.2, 0.25) is 0 Å². The van der Waals surface area contributed by atoms with E-state index in [9.17, 15) is 13.2 Å². The van der Waals surface area contributed by atoms with Crippen molar-refractivity contribution in [2.24, 2.45) is 0 Å². The Morgan fingerprint density at radius 2 is 1.89 bits per heavy atom. The number of carbonyl (C=O) groups is 1. The number of amides is 1. The Morgan fingerprint density at radius 1 is 1.15 bits per heavy atom. The molecule has 3 rings (SSSR count). The van der Waals surface area contributed by atoms with Crippen molar-refractivity contribution in [3.05, 3.63) is 59.2 Å². The lowest BCUT2D eigenvalue weighted by Crippen LogP contribution is -2.31. The highest BCUT2D eigenvalue weighted by Crippen LogP contribution is 2.21. The number of benzene rings is 2. The number of hydrogen-bond acceptors (Lipinski definition) is 4. The quantitative estimate of drug-likeness (QED) is 0.797. The van der Waals surface area contributed by atoms with Gasteiger partial charge < -0.3 is 10.1 Å². The van der Waals surface area contributed by atoms with Crippen LogP contribution in [-0.2, 0) is 14.8 Å². The average Bonchev–Trinajstić information content (AvgIpc) is 3.15. The van der Waals surface area contributed by atoms with Gasteiger partial charge in [0.05, 0.1) is 16.7 Å². The summed E-state index contributed by atoms with van der Waals surface area (Å²) < 4.78 is 33.1. The van der Waals surface area contributed by atoms with E-state index in [0.29, 0.717) is 23.4 Å². The van der Waals surface area contributed by atoms with Gasteiger partial charge in [-0.05, 0) is 62.6 Å². The molecule has 0 unspecified atom stereocenters. The maximum Gasteiger partial charge on any atom is 0.261 e. The van der Waals surface area contributed by atoms with Gasteiger partial charge in [-0.3, -0.25) is 9.52 Å². The Hall–Kier alpha value is -2.38. The number of hydrogen-bond donors (Lipinski definition) is 2. The van der Waals surface area contributed by atoms with Crippen LogP contribution in [-0.4, -0.2) is 33.6 Å². The number of sulfonamides is 1. The van der Waals surface area contributed by atoms with Crippen molar-refractivity contribution >= 4 is 21.6 Å². The Balaban J connectivity index is 1.68. The van der Waals surface area contributed by atoms with Crippen LogP contribution in [0.3, 0.4) is 0 Å². The zero-order valence-electron chi connectivity index (χ0n) is 15.5. The van der Waals surface area contributed by atoms with Gasteiger partial charge in [-0.25, -0.2) is 8.42 Å². The Morgan fingerprint density at radius 3 is 2.52 bits per heavy atom. The standard InChI is InChI=1S/C20H24N2O4S/c1-14-5-8-18(9-6-14)27(24,25)22-19-10-7-16(12-15(19)2)20(23)21-13-17-4-3-11-26-17/h5-10,12,17,22H,3-4,11,13H2,1-2H3,(H,21,23)/t17-/m1/s1. The van der Waals surface area contributed by atoms with Crippen molar-refractivity contribution in [1.82, 2.24) is 5.32 Å². The van der Waals surface area contributed by atoms with Gasteiger partial charge in [0.15, 0.2) is 0 Å². The number of rotatable bonds is 6. The predicted octanol–water partition coefficient (Wildman–Crippen LogP) is 3.01. The van der Waals surface area contributed by atoms with Gasteiger partial charge in [0.1, 0.15) is 0 Å². The van der Waals surface area contributed by atoms with Crippen LogP contribution in [0.1, 0.15) is 34.3 Å². The van der Waals surface area contributed by atoms with E-state index in [1.807, 2.05) is 6.92 Å². The molecule has 1 saturated heterocycles. The molecule has 1 heterocycles. The van der Waals surface area contributed by atoms with E-state index in [1.165, 1.54) is 0 Å². The van der Waals surface area contributed by atoms with E-state index in [1.54, 1.807) is 49.4 Å². The molecule has 0 bridgehead atoms. The third-order valence-corrected chi connectivity index (χ3v) is 5.96. The Bertz CT molecular complexity index is 917. The zero-order valence-corrected chi connectivity index (χ0v) is 16.3. The van der Waals surface area contributed by atoms with Crippen molar-refractivity contribution < 1.29 is 17.9 Å². The summed E-state index contributed by atoms with van der Waals surface area (Å²) in [6, 6.07) is 11.6. The van der Waals surface area contributed by atoms with Gasteiger partial charge in [0, 0.05) is 18.7 Å². The van der Waals surface area contributed by atoms with E-state index in [0.717, 1.165) is 25.0 Å². The van der Waals surface area contributed by atoms with Gasteiger partial charge in [0.25, 0.3) is 15.9 Å². The van der Waals surface area contributed by atoms with E-state index >= 15 is 0 Å². The van der Waals surface area contributed by atoms with Crippen molar-refractivity contribution in [1.29, 1.82) is 0 Å². The van der Waals surface area contributed by atoms with Crippen LogP contribution in [0, 0.1) is 13.8 Å². The summed E-state index contributed by atoms with van der Waals surface area (Å²) in [4.78, 5) is 12.5. The molecule has 2 aromatic rings. The molecular weight excluding hydrogens is 364 g/mol. The van der Waals surface area contributed by atoms with Crippen molar-refractivity contribution in [2.45, 2.75) is 37.7 Å². The summed E-state index contributed by atoms with van der Waals surface area (Å²) in [5.74, 6) is -0.193. The van der Waals surface area contributed by atoms with Gasteiger partial charge in [-0.1, -0.05) is 17.7 Å². The maximum absolute atomic E-state index is 12.5. The molecule has 1 aliphatic heterocycles. The number of carbonyl (C=O) groups excluding carboxylic acids is 1. The molecule has 0 radical (unpaired) electrons. The second kappa shape index (κ2) is 8.10. The second-order valence-electron chi connectivity index (χ2n) is 6.79. The molecule has 144 valence electrons. The molecule has 7 heteroatoms.